The summed E-state index contributed by atoms with van der Waals surface area (Å²) < 4.78 is 33.2. The van der Waals surface area contributed by atoms with E-state index in [1.54, 1.807) is 31.4 Å². The van der Waals surface area contributed by atoms with Gasteiger partial charge in [-0.3, -0.25) is 4.79 Å². The highest BCUT2D eigenvalue weighted by atomic mass is 16.5. The topological polar surface area (TPSA) is 114 Å². The summed E-state index contributed by atoms with van der Waals surface area (Å²) in [5.74, 6) is 1.69. The van der Waals surface area contributed by atoms with Crippen molar-refractivity contribution in [2.45, 2.75) is 12.8 Å². The average molecular weight is 538 g/mol. The Kier molecular flexibility index (Phi) is 6.53. The van der Waals surface area contributed by atoms with Gasteiger partial charge in [0, 0.05) is 40.5 Å². The molecular weight excluding hydrogens is 514 g/mol. The van der Waals surface area contributed by atoms with Crippen LogP contribution in [0.5, 0.6) is 17.4 Å². The van der Waals surface area contributed by atoms with Gasteiger partial charge in [0.1, 0.15) is 22.9 Å². The second-order valence-electron chi connectivity index (χ2n) is 8.99. The molecule has 0 spiro atoms. The minimum atomic E-state index is -0.541. The number of rotatable bonds is 8. The number of para-hydroxylation sites is 1. The standard InChI is InChI=1S/C31H23NO8/c1-35-24-10-6-9-19-13-25(39-31(19)24)23-17-30(34)38-27-15-21(18-7-4-3-5-8-18)26(16-22(23)27)37-29(33)12-11-20-14-28(36-2)32-40-20/h3-10,13-17H,11-12H2,1-2H3. The van der Waals surface area contributed by atoms with Gasteiger partial charge >= 0.3 is 11.6 Å². The fraction of sp³-hybridized carbons (Fsp3) is 0.129. The van der Waals surface area contributed by atoms with Crippen LogP contribution in [-0.4, -0.2) is 25.3 Å². The molecule has 0 aliphatic carbocycles. The molecule has 0 atom stereocenters. The summed E-state index contributed by atoms with van der Waals surface area (Å²) in [6.07, 6.45) is 0.328. The molecule has 0 bridgehead atoms. The average Bonchev–Trinajstić information content (AvgIpc) is 3.63. The van der Waals surface area contributed by atoms with Crippen LogP contribution in [-0.2, 0) is 11.2 Å². The number of furan rings is 1. The zero-order valence-electron chi connectivity index (χ0n) is 21.6. The normalized spacial score (nSPS) is 11.2. The lowest BCUT2D eigenvalue weighted by atomic mass is 10.00. The van der Waals surface area contributed by atoms with E-state index < -0.39 is 11.6 Å². The van der Waals surface area contributed by atoms with Gasteiger partial charge in [0.15, 0.2) is 11.3 Å². The number of aromatic nitrogens is 1. The lowest BCUT2D eigenvalue weighted by molar-refractivity contribution is -0.134. The molecule has 0 aliphatic rings. The summed E-state index contributed by atoms with van der Waals surface area (Å²) in [5.41, 5.74) is 2.21. The number of ether oxygens (including phenoxy) is 3. The highest BCUT2D eigenvalue weighted by Gasteiger charge is 2.20. The van der Waals surface area contributed by atoms with E-state index in [1.807, 2.05) is 48.5 Å². The number of carbonyl (C=O) groups excluding carboxylic acids is 1. The molecule has 0 aliphatic heterocycles. The first-order valence-electron chi connectivity index (χ1n) is 12.5. The Bertz CT molecular complexity index is 1900. The molecule has 3 heterocycles. The third-order valence-corrected chi connectivity index (χ3v) is 6.47. The molecule has 0 unspecified atom stereocenters. The van der Waals surface area contributed by atoms with E-state index >= 15 is 0 Å². The summed E-state index contributed by atoms with van der Waals surface area (Å²) >= 11 is 0. The second kappa shape index (κ2) is 10.5. The van der Waals surface area contributed by atoms with E-state index in [-0.39, 0.29) is 12.8 Å². The van der Waals surface area contributed by atoms with Crippen molar-refractivity contribution in [2.75, 3.05) is 14.2 Å². The van der Waals surface area contributed by atoms with Crippen molar-refractivity contribution >= 4 is 27.9 Å². The van der Waals surface area contributed by atoms with Crippen molar-refractivity contribution in [3.8, 4) is 39.8 Å². The predicted molar refractivity (Wildman–Crippen MR) is 147 cm³/mol. The predicted octanol–water partition coefficient (Wildman–Crippen LogP) is 6.42. The molecule has 9 nitrogen and oxygen atoms in total. The SMILES string of the molecule is COc1cc(CCC(=O)Oc2cc3c(-c4cc5cccc(OC)c5o4)cc(=O)oc3cc2-c2ccccc2)on1. The summed E-state index contributed by atoms with van der Waals surface area (Å²) in [7, 11) is 3.05. The minimum Gasteiger partial charge on any atom is -0.493 e. The van der Waals surface area contributed by atoms with Crippen LogP contribution < -0.4 is 19.8 Å². The third-order valence-electron chi connectivity index (χ3n) is 6.47. The third kappa shape index (κ3) is 4.80. The highest BCUT2D eigenvalue weighted by molar-refractivity contribution is 5.99. The van der Waals surface area contributed by atoms with Gasteiger partial charge in [-0.1, -0.05) is 42.5 Å². The maximum Gasteiger partial charge on any atom is 0.336 e. The monoisotopic (exact) mass is 537 g/mol. The number of esters is 1. The Morgan fingerprint density at radius 1 is 0.850 bits per heavy atom. The van der Waals surface area contributed by atoms with Crippen LogP contribution in [0.4, 0.5) is 0 Å². The first-order chi connectivity index (χ1) is 19.5. The molecular formula is C31H23NO8. The van der Waals surface area contributed by atoms with Gasteiger partial charge in [0.05, 0.1) is 20.6 Å². The fourth-order valence-electron chi connectivity index (χ4n) is 4.56. The molecule has 3 aromatic carbocycles. The lowest BCUT2D eigenvalue weighted by Gasteiger charge is -2.13. The van der Waals surface area contributed by atoms with Gasteiger partial charge in [0.2, 0.25) is 0 Å². The van der Waals surface area contributed by atoms with Crippen molar-refractivity contribution in [2.24, 2.45) is 0 Å². The van der Waals surface area contributed by atoms with Gasteiger partial charge in [-0.15, -0.1) is 0 Å². The fourth-order valence-corrected chi connectivity index (χ4v) is 4.56. The Morgan fingerprint density at radius 3 is 2.48 bits per heavy atom. The smallest absolute Gasteiger partial charge is 0.336 e. The molecule has 0 radical (unpaired) electrons. The zero-order valence-corrected chi connectivity index (χ0v) is 21.6. The number of aryl methyl sites for hydroxylation is 1. The Balaban J connectivity index is 1.44. The van der Waals surface area contributed by atoms with Gasteiger partial charge < -0.3 is 27.6 Å². The van der Waals surface area contributed by atoms with Crippen molar-refractivity contribution in [3.05, 3.63) is 95.0 Å². The van der Waals surface area contributed by atoms with Gasteiger partial charge in [-0.2, -0.15) is 0 Å². The molecule has 0 fully saturated rings. The van der Waals surface area contributed by atoms with Crippen molar-refractivity contribution in [1.82, 2.24) is 5.16 Å². The first kappa shape index (κ1) is 25.0. The summed E-state index contributed by atoms with van der Waals surface area (Å²) in [5, 5.41) is 5.11. The van der Waals surface area contributed by atoms with E-state index in [4.69, 9.17) is 27.6 Å². The van der Waals surface area contributed by atoms with Crippen LogP contribution in [0.25, 0.3) is 44.4 Å². The molecule has 3 aromatic heterocycles. The number of fused-ring (bicyclic) bond motifs is 2. The minimum absolute atomic E-state index is 0.0463. The van der Waals surface area contributed by atoms with Crippen LogP contribution in [0.3, 0.4) is 0 Å². The van der Waals surface area contributed by atoms with Gasteiger partial charge in [-0.25, -0.2) is 4.79 Å². The Labute approximate surface area is 227 Å². The van der Waals surface area contributed by atoms with Crippen LogP contribution in [0.1, 0.15) is 12.2 Å². The van der Waals surface area contributed by atoms with E-state index in [2.05, 4.69) is 5.16 Å². The Hall–Kier alpha value is -5.31. The van der Waals surface area contributed by atoms with Crippen LogP contribution >= 0.6 is 0 Å². The molecule has 0 amide bonds. The van der Waals surface area contributed by atoms with Crippen molar-refractivity contribution in [3.63, 3.8) is 0 Å². The molecule has 0 saturated carbocycles. The van der Waals surface area contributed by atoms with Crippen molar-refractivity contribution < 1.29 is 32.4 Å². The number of hydrogen-bond acceptors (Lipinski definition) is 9. The van der Waals surface area contributed by atoms with E-state index in [9.17, 15) is 9.59 Å². The second-order valence-corrected chi connectivity index (χ2v) is 8.99. The summed E-state index contributed by atoms with van der Waals surface area (Å²) in [6.45, 7) is 0. The zero-order chi connectivity index (χ0) is 27.6. The molecule has 6 rings (SSSR count). The maximum absolute atomic E-state index is 13.0. The molecule has 40 heavy (non-hydrogen) atoms. The van der Waals surface area contributed by atoms with Crippen LogP contribution in [0.2, 0.25) is 0 Å². The van der Waals surface area contributed by atoms with E-state index in [0.29, 0.717) is 56.6 Å². The maximum atomic E-state index is 13.0. The number of benzene rings is 3. The highest BCUT2D eigenvalue weighted by Crippen LogP contribution is 2.40. The number of hydrogen-bond donors (Lipinski definition) is 0. The molecule has 0 N–H and O–H groups in total. The molecule has 0 saturated heterocycles. The van der Waals surface area contributed by atoms with E-state index in [1.165, 1.54) is 13.2 Å². The number of carbonyl (C=O) groups is 1. The number of methoxy groups -OCH3 is 2. The molecule has 9 heteroatoms. The largest absolute Gasteiger partial charge is 0.493 e. The number of nitrogens with zero attached hydrogens (tertiary/aromatic N) is 1. The summed E-state index contributed by atoms with van der Waals surface area (Å²) in [4.78, 5) is 25.6. The first-order valence-corrected chi connectivity index (χ1v) is 12.5. The van der Waals surface area contributed by atoms with Gasteiger partial charge in [-0.05, 0) is 35.0 Å². The van der Waals surface area contributed by atoms with E-state index in [0.717, 1.165) is 10.9 Å². The Morgan fingerprint density at radius 2 is 1.70 bits per heavy atom. The lowest BCUT2D eigenvalue weighted by Crippen LogP contribution is -2.10. The molecule has 6 aromatic rings. The van der Waals surface area contributed by atoms with Crippen LogP contribution in [0.15, 0.2) is 97.0 Å². The van der Waals surface area contributed by atoms with Crippen molar-refractivity contribution in [1.29, 1.82) is 0 Å². The van der Waals surface area contributed by atoms with Gasteiger partial charge in [0.25, 0.3) is 5.88 Å². The summed E-state index contributed by atoms with van der Waals surface area (Å²) in [6, 6.07) is 23.1. The quantitative estimate of drug-likeness (QED) is 0.123. The van der Waals surface area contributed by atoms with Crippen LogP contribution in [0, 0.1) is 0 Å². The molecule has 200 valence electrons.